The van der Waals surface area contributed by atoms with Gasteiger partial charge in [-0.2, -0.15) is 10.4 Å². The van der Waals surface area contributed by atoms with Crippen molar-refractivity contribution in [2.24, 2.45) is 5.92 Å². The van der Waals surface area contributed by atoms with Crippen molar-refractivity contribution in [2.75, 3.05) is 24.2 Å². The number of carbonyl (C=O) groups is 1. The van der Waals surface area contributed by atoms with Crippen molar-refractivity contribution in [3.05, 3.63) is 5.56 Å². The van der Waals surface area contributed by atoms with Gasteiger partial charge in [0.15, 0.2) is 5.82 Å². The van der Waals surface area contributed by atoms with Gasteiger partial charge >= 0.3 is 5.97 Å². The monoisotopic (exact) mass is 263 g/mol. The van der Waals surface area contributed by atoms with Crippen LogP contribution in [0.5, 0.6) is 0 Å². The average Bonchev–Trinajstić information content (AvgIpc) is 3.15. The minimum Gasteiger partial charge on any atom is -0.465 e. The predicted octanol–water partition coefficient (Wildman–Crippen LogP) is 0.722. The molecule has 7 nitrogen and oxygen atoms in total. The zero-order valence-electron chi connectivity index (χ0n) is 10.8. The molecule has 1 fully saturated rings. The molecule has 0 aromatic carbocycles. The molecule has 0 atom stereocenters. The van der Waals surface area contributed by atoms with Crippen LogP contribution >= 0.6 is 0 Å². The first-order chi connectivity index (χ1) is 9.15. The lowest BCUT2D eigenvalue weighted by molar-refractivity contribution is -0.143. The number of ether oxygens (including phenoxy) is 1. The number of hydrogen-bond acceptors (Lipinski definition) is 6. The molecule has 2 rings (SSSR count). The van der Waals surface area contributed by atoms with E-state index in [-0.39, 0.29) is 17.9 Å². The summed E-state index contributed by atoms with van der Waals surface area (Å²) in [6.45, 7) is 2.73. The van der Waals surface area contributed by atoms with Gasteiger partial charge in [-0.3, -0.25) is 4.79 Å². The maximum absolute atomic E-state index is 11.4. The third-order valence-electron chi connectivity index (χ3n) is 2.94. The van der Waals surface area contributed by atoms with E-state index in [0.717, 1.165) is 6.54 Å². The Morgan fingerprint density at radius 3 is 3.00 bits per heavy atom. The van der Waals surface area contributed by atoms with Crippen molar-refractivity contribution in [2.45, 2.75) is 26.3 Å². The van der Waals surface area contributed by atoms with Crippen LogP contribution < -0.4 is 11.1 Å². The van der Waals surface area contributed by atoms with Crippen LogP contribution in [0.2, 0.25) is 0 Å². The molecule has 0 amide bonds. The molecular weight excluding hydrogens is 246 g/mol. The summed E-state index contributed by atoms with van der Waals surface area (Å²) in [4.78, 5) is 11.4. The Bertz CT molecular complexity index is 513. The van der Waals surface area contributed by atoms with Crippen LogP contribution in [0.15, 0.2) is 0 Å². The molecule has 1 heterocycles. The Kier molecular flexibility index (Phi) is 3.90. The predicted molar refractivity (Wildman–Crippen MR) is 69.2 cm³/mol. The van der Waals surface area contributed by atoms with E-state index in [1.54, 1.807) is 6.92 Å². The molecule has 1 aliphatic carbocycles. The van der Waals surface area contributed by atoms with Gasteiger partial charge in [0.1, 0.15) is 24.0 Å². The third-order valence-corrected chi connectivity index (χ3v) is 2.94. The topological polar surface area (TPSA) is 106 Å². The van der Waals surface area contributed by atoms with E-state index in [4.69, 9.17) is 15.7 Å². The Morgan fingerprint density at radius 2 is 2.42 bits per heavy atom. The van der Waals surface area contributed by atoms with Gasteiger partial charge in [0.25, 0.3) is 0 Å². The lowest BCUT2D eigenvalue weighted by atomic mass is 10.3. The molecule has 1 aromatic rings. The van der Waals surface area contributed by atoms with Gasteiger partial charge in [0.2, 0.25) is 0 Å². The molecule has 19 heavy (non-hydrogen) atoms. The summed E-state index contributed by atoms with van der Waals surface area (Å²) < 4.78 is 6.13. The number of hydrogen-bond donors (Lipinski definition) is 2. The normalized spacial score (nSPS) is 13.9. The van der Waals surface area contributed by atoms with Crippen LogP contribution in [0.4, 0.5) is 11.6 Å². The number of nitrogens with two attached hydrogens (primary N) is 1. The number of carbonyl (C=O) groups excluding carboxylic acids is 1. The Balaban J connectivity index is 2.10. The van der Waals surface area contributed by atoms with Crippen LogP contribution in [0.1, 0.15) is 25.3 Å². The molecule has 1 saturated carbocycles. The van der Waals surface area contributed by atoms with Crippen LogP contribution in [-0.2, 0) is 16.1 Å². The van der Waals surface area contributed by atoms with Crippen LogP contribution in [0.25, 0.3) is 0 Å². The van der Waals surface area contributed by atoms with Gasteiger partial charge in [-0.05, 0) is 25.7 Å². The van der Waals surface area contributed by atoms with Gasteiger partial charge in [0, 0.05) is 6.54 Å². The molecule has 0 radical (unpaired) electrons. The van der Waals surface area contributed by atoms with Gasteiger partial charge in [-0.25, -0.2) is 4.68 Å². The van der Waals surface area contributed by atoms with E-state index < -0.39 is 5.97 Å². The zero-order valence-corrected chi connectivity index (χ0v) is 10.8. The van der Waals surface area contributed by atoms with Crippen molar-refractivity contribution in [1.82, 2.24) is 9.78 Å². The highest BCUT2D eigenvalue weighted by Gasteiger charge is 2.23. The average molecular weight is 263 g/mol. The second-order valence-electron chi connectivity index (χ2n) is 4.51. The van der Waals surface area contributed by atoms with Crippen LogP contribution in [0.3, 0.4) is 0 Å². The van der Waals surface area contributed by atoms with Gasteiger partial charge < -0.3 is 15.8 Å². The second-order valence-corrected chi connectivity index (χ2v) is 4.51. The molecule has 0 aliphatic heterocycles. The summed E-state index contributed by atoms with van der Waals surface area (Å²) in [5.74, 6) is 0.864. The number of nitrogens with one attached hydrogen (secondary N) is 1. The van der Waals surface area contributed by atoms with Crippen LogP contribution in [-0.4, -0.2) is 28.9 Å². The zero-order chi connectivity index (χ0) is 13.8. The summed E-state index contributed by atoms with van der Waals surface area (Å²) in [5, 5.41) is 16.4. The maximum Gasteiger partial charge on any atom is 0.327 e. The van der Waals surface area contributed by atoms with Crippen molar-refractivity contribution >= 4 is 17.6 Å². The van der Waals surface area contributed by atoms with E-state index in [1.807, 2.05) is 6.07 Å². The number of nitrogens with zero attached hydrogens (tertiary/aromatic N) is 3. The lowest BCUT2D eigenvalue weighted by Gasteiger charge is -2.03. The smallest absolute Gasteiger partial charge is 0.327 e. The summed E-state index contributed by atoms with van der Waals surface area (Å²) in [6, 6.07) is 2.01. The molecule has 3 N–H and O–H groups in total. The molecule has 102 valence electrons. The largest absolute Gasteiger partial charge is 0.465 e. The van der Waals surface area contributed by atoms with E-state index in [2.05, 4.69) is 10.4 Å². The van der Waals surface area contributed by atoms with E-state index in [1.165, 1.54) is 17.5 Å². The number of nitriles is 1. The lowest BCUT2D eigenvalue weighted by Crippen LogP contribution is -2.16. The number of nitrogen functional groups attached to an aromatic ring is 1. The minimum absolute atomic E-state index is 0.0839. The molecule has 7 heteroatoms. The number of esters is 1. The SMILES string of the molecule is CCOC(=O)Cn1nc(NCC2CC2)c(C#N)c1N. The molecule has 0 saturated heterocycles. The first-order valence-electron chi connectivity index (χ1n) is 6.31. The number of aromatic nitrogens is 2. The maximum atomic E-state index is 11.4. The molecular formula is C12H17N5O2. The van der Waals surface area contributed by atoms with Crippen molar-refractivity contribution in [3.8, 4) is 6.07 Å². The summed E-state index contributed by atoms with van der Waals surface area (Å²) in [6.07, 6.45) is 2.40. The summed E-state index contributed by atoms with van der Waals surface area (Å²) in [5.41, 5.74) is 6.09. The summed E-state index contributed by atoms with van der Waals surface area (Å²) in [7, 11) is 0. The third kappa shape index (κ3) is 3.16. The number of anilines is 2. The van der Waals surface area contributed by atoms with Crippen molar-refractivity contribution in [3.63, 3.8) is 0 Å². The molecule has 0 unspecified atom stereocenters. The first-order valence-corrected chi connectivity index (χ1v) is 6.31. The highest BCUT2D eigenvalue weighted by atomic mass is 16.5. The molecule has 1 aromatic heterocycles. The fourth-order valence-corrected chi connectivity index (χ4v) is 1.72. The molecule has 0 spiro atoms. The van der Waals surface area contributed by atoms with E-state index in [9.17, 15) is 4.79 Å². The van der Waals surface area contributed by atoms with E-state index in [0.29, 0.717) is 18.3 Å². The highest BCUT2D eigenvalue weighted by Crippen LogP contribution is 2.29. The van der Waals surface area contributed by atoms with Gasteiger partial charge in [-0.1, -0.05) is 0 Å². The number of rotatable bonds is 6. The first kappa shape index (κ1) is 13.2. The molecule has 0 bridgehead atoms. The summed E-state index contributed by atoms with van der Waals surface area (Å²) >= 11 is 0. The standard InChI is InChI=1S/C12H17N5O2/c1-2-19-10(18)7-17-11(14)9(5-13)12(16-17)15-6-8-3-4-8/h8H,2-4,6-7,14H2,1H3,(H,15,16). The quantitative estimate of drug-likeness (QED) is 0.732. The van der Waals surface area contributed by atoms with E-state index >= 15 is 0 Å². The highest BCUT2D eigenvalue weighted by molar-refractivity contribution is 5.71. The fourth-order valence-electron chi connectivity index (χ4n) is 1.72. The fraction of sp³-hybridized carbons (Fsp3) is 0.583. The minimum atomic E-state index is -0.421. The van der Waals surface area contributed by atoms with Crippen molar-refractivity contribution in [1.29, 1.82) is 5.26 Å². The van der Waals surface area contributed by atoms with Gasteiger partial charge in [-0.15, -0.1) is 0 Å². The Labute approximate surface area is 111 Å². The van der Waals surface area contributed by atoms with Crippen LogP contribution in [0, 0.1) is 17.2 Å². The second kappa shape index (κ2) is 5.61. The van der Waals surface area contributed by atoms with Crippen molar-refractivity contribution < 1.29 is 9.53 Å². The van der Waals surface area contributed by atoms with Gasteiger partial charge in [0.05, 0.1) is 6.61 Å². The Hall–Kier alpha value is -2.23. The Morgan fingerprint density at radius 1 is 1.68 bits per heavy atom. The molecule has 1 aliphatic rings.